The average molecular weight is 242 g/mol. The number of hydrogen-bond acceptors (Lipinski definition) is 4. The van der Waals surface area contributed by atoms with Gasteiger partial charge in [-0.25, -0.2) is 9.97 Å². The summed E-state index contributed by atoms with van der Waals surface area (Å²) in [6.45, 7) is 5.91. The summed E-state index contributed by atoms with van der Waals surface area (Å²) in [5, 5.41) is 3.29. The number of hydrogen-bond donors (Lipinski definition) is 1. The molecule has 0 bridgehead atoms. The van der Waals surface area contributed by atoms with E-state index in [4.69, 9.17) is 0 Å². The molecule has 4 nitrogen and oxygen atoms in total. The molecule has 0 saturated carbocycles. The summed E-state index contributed by atoms with van der Waals surface area (Å²) >= 11 is 0. The summed E-state index contributed by atoms with van der Waals surface area (Å²) < 4.78 is 0. The molecular formula is C14H18N4. The van der Waals surface area contributed by atoms with Crippen molar-refractivity contribution in [1.29, 1.82) is 0 Å². The van der Waals surface area contributed by atoms with Crippen LogP contribution in [-0.4, -0.2) is 21.5 Å². The highest BCUT2D eigenvalue weighted by atomic mass is 14.9. The second kappa shape index (κ2) is 6.21. The number of aryl methyl sites for hydroxylation is 1. The minimum atomic E-state index is 0.755. The maximum Gasteiger partial charge on any atom is 0.132 e. The molecule has 0 radical (unpaired) electrons. The molecule has 0 fully saturated rings. The normalized spacial score (nSPS) is 10.6. The first-order valence-corrected chi connectivity index (χ1v) is 6.20. The molecule has 0 aliphatic carbocycles. The topological polar surface area (TPSA) is 50.7 Å². The Bertz CT molecular complexity index is 496. The first-order valence-electron chi connectivity index (χ1n) is 6.20. The zero-order chi connectivity index (χ0) is 12.8. The largest absolute Gasteiger partial charge is 0.313 e. The van der Waals surface area contributed by atoms with E-state index in [1.807, 2.05) is 25.3 Å². The standard InChI is InChI=1S/C14H18N4/c1-3-15-9-13-10-17-14(18-11(13)2)8-12-4-6-16-7-5-12/h4-7,10,15H,3,8-9H2,1-2H3. The quantitative estimate of drug-likeness (QED) is 0.869. The molecule has 0 aliphatic heterocycles. The van der Waals surface area contributed by atoms with Crippen molar-refractivity contribution in [3.8, 4) is 0 Å². The van der Waals surface area contributed by atoms with E-state index in [9.17, 15) is 0 Å². The lowest BCUT2D eigenvalue weighted by Gasteiger charge is -2.07. The molecule has 0 saturated heterocycles. The molecule has 2 aromatic heterocycles. The minimum Gasteiger partial charge on any atom is -0.313 e. The predicted octanol–water partition coefficient (Wildman–Crippen LogP) is 1.88. The Morgan fingerprint density at radius 2 is 2.00 bits per heavy atom. The molecule has 0 unspecified atom stereocenters. The predicted molar refractivity (Wildman–Crippen MR) is 71.2 cm³/mol. The fraction of sp³-hybridized carbons (Fsp3) is 0.357. The van der Waals surface area contributed by atoms with Crippen molar-refractivity contribution in [2.24, 2.45) is 0 Å². The summed E-state index contributed by atoms with van der Waals surface area (Å²) in [6.07, 6.45) is 6.26. The Kier molecular flexibility index (Phi) is 4.36. The van der Waals surface area contributed by atoms with Crippen LogP contribution >= 0.6 is 0 Å². The molecule has 4 heteroatoms. The molecule has 18 heavy (non-hydrogen) atoms. The first kappa shape index (κ1) is 12.6. The molecule has 2 rings (SSSR count). The van der Waals surface area contributed by atoms with Crippen molar-refractivity contribution in [3.05, 3.63) is 53.4 Å². The summed E-state index contributed by atoms with van der Waals surface area (Å²) in [5.74, 6) is 0.860. The summed E-state index contributed by atoms with van der Waals surface area (Å²) in [7, 11) is 0. The Morgan fingerprint density at radius 1 is 1.22 bits per heavy atom. The first-order chi connectivity index (χ1) is 8.79. The van der Waals surface area contributed by atoms with Crippen LogP contribution < -0.4 is 5.32 Å². The highest BCUT2D eigenvalue weighted by molar-refractivity contribution is 5.20. The smallest absolute Gasteiger partial charge is 0.132 e. The van der Waals surface area contributed by atoms with Crippen LogP contribution in [0, 0.1) is 6.92 Å². The second-order valence-corrected chi connectivity index (χ2v) is 4.21. The van der Waals surface area contributed by atoms with Gasteiger partial charge in [0.1, 0.15) is 5.82 Å². The number of rotatable bonds is 5. The summed E-state index contributed by atoms with van der Waals surface area (Å²) in [6, 6.07) is 3.98. The van der Waals surface area contributed by atoms with E-state index in [0.29, 0.717) is 0 Å². The Hall–Kier alpha value is -1.81. The van der Waals surface area contributed by atoms with Gasteiger partial charge < -0.3 is 5.32 Å². The van der Waals surface area contributed by atoms with Gasteiger partial charge in [-0.15, -0.1) is 0 Å². The van der Waals surface area contributed by atoms with Crippen molar-refractivity contribution in [2.75, 3.05) is 6.54 Å². The van der Waals surface area contributed by atoms with Crippen LogP contribution in [0.3, 0.4) is 0 Å². The van der Waals surface area contributed by atoms with Gasteiger partial charge in [-0.05, 0) is 31.2 Å². The van der Waals surface area contributed by atoms with Crippen molar-refractivity contribution < 1.29 is 0 Å². The lowest BCUT2D eigenvalue weighted by molar-refractivity contribution is 0.712. The van der Waals surface area contributed by atoms with Gasteiger partial charge >= 0.3 is 0 Å². The summed E-state index contributed by atoms with van der Waals surface area (Å²) in [5.41, 5.74) is 3.40. The van der Waals surface area contributed by atoms with Crippen LogP contribution in [0.2, 0.25) is 0 Å². The van der Waals surface area contributed by atoms with Gasteiger partial charge in [-0.3, -0.25) is 4.98 Å². The Morgan fingerprint density at radius 3 is 2.67 bits per heavy atom. The Balaban J connectivity index is 2.09. The molecule has 0 aliphatic rings. The molecule has 2 aromatic rings. The zero-order valence-electron chi connectivity index (χ0n) is 10.8. The zero-order valence-corrected chi connectivity index (χ0v) is 10.8. The molecule has 0 aromatic carbocycles. The van der Waals surface area contributed by atoms with E-state index < -0.39 is 0 Å². The summed E-state index contributed by atoms with van der Waals surface area (Å²) in [4.78, 5) is 13.0. The van der Waals surface area contributed by atoms with Gasteiger partial charge in [-0.2, -0.15) is 0 Å². The Labute approximate surface area is 108 Å². The number of pyridine rings is 1. The van der Waals surface area contributed by atoms with E-state index in [1.54, 1.807) is 12.4 Å². The van der Waals surface area contributed by atoms with Gasteiger partial charge in [0.05, 0.1) is 0 Å². The fourth-order valence-electron chi connectivity index (χ4n) is 1.74. The van der Waals surface area contributed by atoms with Crippen LogP contribution in [0.25, 0.3) is 0 Å². The van der Waals surface area contributed by atoms with Crippen molar-refractivity contribution in [1.82, 2.24) is 20.3 Å². The maximum absolute atomic E-state index is 4.55. The molecule has 0 atom stereocenters. The molecule has 1 N–H and O–H groups in total. The average Bonchev–Trinajstić information content (AvgIpc) is 2.39. The minimum absolute atomic E-state index is 0.755. The number of nitrogens with one attached hydrogen (secondary N) is 1. The third-order valence-electron chi connectivity index (χ3n) is 2.81. The van der Waals surface area contributed by atoms with Crippen molar-refractivity contribution >= 4 is 0 Å². The lowest BCUT2D eigenvalue weighted by atomic mass is 10.2. The van der Waals surface area contributed by atoms with Gasteiger partial charge in [-0.1, -0.05) is 6.92 Å². The third-order valence-corrected chi connectivity index (χ3v) is 2.81. The monoisotopic (exact) mass is 242 g/mol. The molecule has 2 heterocycles. The molecular weight excluding hydrogens is 224 g/mol. The van der Waals surface area contributed by atoms with E-state index in [2.05, 4.69) is 27.2 Å². The lowest BCUT2D eigenvalue weighted by Crippen LogP contribution is -2.14. The van der Waals surface area contributed by atoms with Crippen LogP contribution in [-0.2, 0) is 13.0 Å². The van der Waals surface area contributed by atoms with Crippen molar-refractivity contribution in [2.45, 2.75) is 26.8 Å². The van der Waals surface area contributed by atoms with Gasteiger partial charge in [0.2, 0.25) is 0 Å². The third kappa shape index (κ3) is 3.34. The molecule has 0 amide bonds. The van der Waals surface area contributed by atoms with E-state index >= 15 is 0 Å². The fourth-order valence-corrected chi connectivity index (χ4v) is 1.74. The SMILES string of the molecule is CCNCc1cnc(Cc2ccncc2)nc1C. The van der Waals surface area contributed by atoms with Crippen LogP contribution in [0.4, 0.5) is 0 Å². The van der Waals surface area contributed by atoms with Gasteiger partial charge in [0.15, 0.2) is 0 Å². The van der Waals surface area contributed by atoms with Crippen LogP contribution in [0.5, 0.6) is 0 Å². The number of nitrogens with zero attached hydrogens (tertiary/aromatic N) is 3. The highest BCUT2D eigenvalue weighted by Crippen LogP contribution is 2.08. The van der Waals surface area contributed by atoms with Gasteiger partial charge in [0, 0.05) is 42.8 Å². The van der Waals surface area contributed by atoms with Gasteiger partial charge in [0.25, 0.3) is 0 Å². The van der Waals surface area contributed by atoms with E-state index in [0.717, 1.165) is 36.6 Å². The molecule has 94 valence electrons. The van der Waals surface area contributed by atoms with Crippen molar-refractivity contribution in [3.63, 3.8) is 0 Å². The number of aromatic nitrogens is 3. The van der Waals surface area contributed by atoms with Crippen LogP contribution in [0.15, 0.2) is 30.7 Å². The molecule has 0 spiro atoms. The second-order valence-electron chi connectivity index (χ2n) is 4.21. The van der Waals surface area contributed by atoms with E-state index in [-0.39, 0.29) is 0 Å². The van der Waals surface area contributed by atoms with E-state index in [1.165, 1.54) is 5.56 Å². The maximum atomic E-state index is 4.55. The highest BCUT2D eigenvalue weighted by Gasteiger charge is 2.04. The van der Waals surface area contributed by atoms with Crippen LogP contribution in [0.1, 0.15) is 29.6 Å².